The molecule has 100 valence electrons. The van der Waals surface area contributed by atoms with Crippen LogP contribution in [0.1, 0.15) is 24.1 Å². The van der Waals surface area contributed by atoms with Crippen LogP contribution in [0.15, 0.2) is 48.8 Å². The van der Waals surface area contributed by atoms with Gasteiger partial charge >= 0.3 is 0 Å². The lowest BCUT2D eigenvalue weighted by molar-refractivity contribution is 0.637. The predicted molar refractivity (Wildman–Crippen MR) is 80.2 cm³/mol. The molecule has 0 amide bonds. The highest BCUT2D eigenvalue weighted by Crippen LogP contribution is 2.27. The molecule has 1 heterocycles. The van der Waals surface area contributed by atoms with E-state index in [1.807, 2.05) is 24.5 Å². The van der Waals surface area contributed by atoms with E-state index in [0.29, 0.717) is 6.54 Å². The van der Waals surface area contributed by atoms with Crippen LogP contribution < -0.4 is 10.6 Å². The molecule has 0 saturated heterocycles. The molecule has 0 fully saturated rings. The summed E-state index contributed by atoms with van der Waals surface area (Å²) in [6, 6.07) is 12.6. The number of aryl methyl sites for hydroxylation is 1. The van der Waals surface area contributed by atoms with Crippen LogP contribution in [0, 0.1) is 6.92 Å². The average molecular weight is 255 g/mol. The SMILES string of the molecule is CCN(c1ccccc1)C(CN)c1cnccc1C. The Kier molecular flexibility index (Phi) is 4.53. The summed E-state index contributed by atoms with van der Waals surface area (Å²) >= 11 is 0. The van der Waals surface area contributed by atoms with Crippen molar-refractivity contribution < 1.29 is 0 Å². The van der Waals surface area contributed by atoms with Crippen molar-refractivity contribution >= 4 is 5.69 Å². The highest BCUT2D eigenvalue weighted by Gasteiger charge is 2.19. The van der Waals surface area contributed by atoms with E-state index in [0.717, 1.165) is 6.54 Å². The van der Waals surface area contributed by atoms with E-state index >= 15 is 0 Å². The minimum absolute atomic E-state index is 0.168. The van der Waals surface area contributed by atoms with Gasteiger partial charge in [0.1, 0.15) is 0 Å². The van der Waals surface area contributed by atoms with Crippen LogP contribution in [0.4, 0.5) is 5.69 Å². The van der Waals surface area contributed by atoms with Crippen LogP contribution in [0.25, 0.3) is 0 Å². The highest BCUT2D eigenvalue weighted by atomic mass is 15.2. The van der Waals surface area contributed by atoms with Gasteiger partial charge in [-0.2, -0.15) is 0 Å². The second-order valence-corrected chi connectivity index (χ2v) is 4.61. The molecule has 0 bridgehead atoms. The van der Waals surface area contributed by atoms with Crippen molar-refractivity contribution in [2.75, 3.05) is 18.0 Å². The first-order chi connectivity index (χ1) is 9.27. The smallest absolute Gasteiger partial charge is 0.0682 e. The lowest BCUT2D eigenvalue weighted by Crippen LogP contribution is -2.34. The molecule has 0 aliphatic rings. The molecule has 0 aliphatic carbocycles. The topological polar surface area (TPSA) is 42.1 Å². The number of nitrogens with two attached hydrogens (primary N) is 1. The number of likely N-dealkylation sites (N-methyl/N-ethyl adjacent to an activating group) is 1. The molecule has 0 radical (unpaired) electrons. The van der Waals surface area contributed by atoms with Gasteiger partial charge in [0.25, 0.3) is 0 Å². The summed E-state index contributed by atoms with van der Waals surface area (Å²) in [5, 5.41) is 0. The monoisotopic (exact) mass is 255 g/mol. The van der Waals surface area contributed by atoms with Gasteiger partial charge in [-0.05, 0) is 43.2 Å². The zero-order valence-corrected chi connectivity index (χ0v) is 11.6. The second kappa shape index (κ2) is 6.34. The molecule has 1 atom stereocenters. The Labute approximate surface area is 115 Å². The molecule has 2 rings (SSSR count). The second-order valence-electron chi connectivity index (χ2n) is 4.61. The molecule has 19 heavy (non-hydrogen) atoms. The number of benzene rings is 1. The maximum Gasteiger partial charge on any atom is 0.0682 e. The molecule has 0 saturated carbocycles. The summed E-state index contributed by atoms with van der Waals surface area (Å²) in [4.78, 5) is 6.57. The van der Waals surface area contributed by atoms with Crippen LogP contribution in [-0.2, 0) is 0 Å². The van der Waals surface area contributed by atoms with Gasteiger partial charge in [-0.25, -0.2) is 0 Å². The summed E-state index contributed by atoms with van der Waals surface area (Å²) in [7, 11) is 0. The lowest BCUT2D eigenvalue weighted by Gasteiger charge is -2.33. The Morgan fingerprint density at radius 1 is 1.21 bits per heavy atom. The van der Waals surface area contributed by atoms with Gasteiger partial charge in [0, 0.05) is 31.2 Å². The minimum Gasteiger partial charge on any atom is -0.363 e. The molecular formula is C16H21N3. The number of hydrogen-bond acceptors (Lipinski definition) is 3. The molecular weight excluding hydrogens is 234 g/mol. The van der Waals surface area contributed by atoms with Crippen LogP contribution in [-0.4, -0.2) is 18.1 Å². The van der Waals surface area contributed by atoms with E-state index in [-0.39, 0.29) is 6.04 Å². The molecule has 0 aliphatic heterocycles. The molecule has 1 aromatic heterocycles. The Balaban J connectivity index is 2.38. The fourth-order valence-electron chi connectivity index (χ4n) is 2.45. The fraction of sp³-hybridized carbons (Fsp3) is 0.312. The van der Waals surface area contributed by atoms with Crippen LogP contribution in [0.5, 0.6) is 0 Å². The van der Waals surface area contributed by atoms with E-state index in [9.17, 15) is 0 Å². The molecule has 1 aromatic carbocycles. The van der Waals surface area contributed by atoms with Gasteiger partial charge in [-0.1, -0.05) is 18.2 Å². The van der Waals surface area contributed by atoms with Crippen molar-refractivity contribution in [2.24, 2.45) is 5.73 Å². The first kappa shape index (κ1) is 13.6. The summed E-state index contributed by atoms with van der Waals surface area (Å²) in [5.74, 6) is 0. The third-order valence-corrected chi connectivity index (χ3v) is 3.47. The fourth-order valence-corrected chi connectivity index (χ4v) is 2.45. The quantitative estimate of drug-likeness (QED) is 0.893. The molecule has 2 aromatic rings. The Bertz CT molecular complexity index is 510. The number of rotatable bonds is 5. The first-order valence-electron chi connectivity index (χ1n) is 6.70. The average Bonchev–Trinajstić information content (AvgIpc) is 2.46. The molecule has 3 heteroatoms. The van der Waals surface area contributed by atoms with Crippen LogP contribution in [0.2, 0.25) is 0 Å². The van der Waals surface area contributed by atoms with Gasteiger partial charge in [0.05, 0.1) is 6.04 Å². The van der Waals surface area contributed by atoms with E-state index in [4.69, 9.17) is 5.73 Å². The number of aromatic nitrogens is 1. The van der Waals surface area contributed by atoms with Gasteiger partial charge in [-0.15, -0.1) is 0 Å². The van der Waals surface area contributed by atoms with E-state index in [1.165, 1.54) is 16.8 Å². The van der Waals surface area contributed by atoms with Crippen LogP contribution >= 0.6 is 0 Å². The first-order valence-corrected chi connectivity index (χ1v) is 6.70. The number of hydrogen-bond donors (Lipinski definition) is 1. The number of nitrogens with zero attached hydrogens (tertiary/aromatic N) is 2. The van der Waals surface area contributed by atoms with Gasteiger partial charge in [0.2, 0.25) is 0 Å². The van der Waals surface area contributed by atoms with Crippen molar-refractivity contribution in [1.29, 1.82) is 0 Å². The number of pyridine rings is 1. The summed E-state index contributed by atoms with van der Waals surface area (Å²) < 4.78 is 0. The number of anilines is 1. The van der Waals surface area contributed by atoms with Gasteiger partial charge in [-0.3, -0.25) is 4.98 Å². The zero-order chi connectivity index (χ0) is 13.7. The van der Waals surface area contributed by atoms with Crippen LogP contribution in [0.3, 0.4) is 0 Å². The third-order valence-electron chi connectivity index (χ3n) is 3.47. The standard InChI is InChI=1S/C16H21N3/c1-3-19(14-7-5-4-6-8-14)16(11-17)15-12-18-10-9-13(15)2/h4-10,12,16H,3,11,17H2,1-2H3. The molecule has 2 N–H and O–H groups in total. The Hall–Kier alpha value is -1.87. The normalized spacial score (nSPS) is 12.2. The highest BCUT2D eigenvalue weighted by molar-refractivity contribution is 5.49. The van der Waals surface area contributed by atoms with Gasteiger partial charge in [0.15, 0.2) is 0 Å². The Morgan fingerprint density at radius 3 is 2.53 bits per heavy atom. The van der Waals surface area contributed by atoms with E-state index in [2.05, 4.69) is 48.0 Å². The maximum absolute atomic E-state index is 6.02. The molecule has 1 unspecified atom stereocenters. The minimum atomic E-state index is 0.168. The number of para-hydroxylation sites is 1. The maximum atomic E-state index is 6.02. The third kappa shape index (κ3) is 2.93. The lowest BCUT2D eigenvalue weighted by atomic mass is 10.0. The van der Waals surface area contributed by atoms with Crippen molar-refractivity contribution in [1.82, 2.24) is 4.98 Å². The van der Waals surface area contributed by atoms with E-state index < -0.39 is 0 Å². The van der Waals surface area contributed by atoms with E-state index in [1.54, 1.807) is 0 Å². The zero-order valence-electron chi connectivity index (χ0n) is 11.6. The predicted octanol–water partition coefficient (Wildman–Crippen LogP) is 2.92. The van der Waals surface area contributed by atoms with Crippen molar-refractivity contribution in [2.45, 2.75) is 19.9 Å². The van der Waals surface area contributed by atoms with Gasteiger partial charge < -0.3 is 10.6 Å². The summed E-state index contributed by atoms with van der Waals surface area (Å²) in [6.45, 7) is 5.76. The Morgan fingerprint density at radius 2 is 1.95 bits per heavy atom. The summed E-state index contributed by atoms with van der Waals surface area (Å²) in [5.41, 5.74) is 9.66. The van der Waals surface area contributed by atoms with Crippen molar-refractivity contribution in [3.8, 4) is 0 Å². The summed E-state index contributed by atoms with van der Waals surface area (Å²) in [6.07, 6.45) is 3.75. The van der Waals surface area contributed by atoms with Crippen molar-refractivity contribution in [3.05, 3.63) is 59.9 Å². The molecule has 0 spiro atoms. The van der Waals surface area contributed by atoms with Crippen molar-refractivity contribution in [3.63, 3.8) is 0 Å². The largest absolute Gasteiger partial charge is 0.363 e. The molecule has 3 nitrogen and oxygen atoms in total.